The third-order valence-corrected chi connectivity index (χ3v) is 5.18. The summed E-state index contributed by atoms with van der Waals surface area (Å²) >= 11 is 0. The molecule has 2 aromatic carbocycles. The van der Waals surface area contributed by atoms with Crippen LogP contribution < -0.4 is 10.2 Å². The van der Waals surface area contributed by atoms with Crippen molar-refractivity contribution in [3.8, 4) is 0 Å². The van der Waals surface area contributed by atoms with Crippen molar-refractivity contribution in [3.63, 3.8) is 0 Å². The third kappa shape index (κ3) is 3.30. The number of anilines is 1. The number of carbonyl (C=O) groups is 3. The number of benzene rings is 2. The molecule has 0 spiro atoms. The Morgan fingerprint density at radius 3 is 2.26 bits per heavy atom. The molecular weight excluding hydrogens is 342 g/mol. The van der Waals surface area contributed by atoms with Gasteiger partial charge in [0.15, 0.2) is 0 Å². The maximum absolute atomic E-state index is 12.4. The first-order valence-corrected chi connectivity index (χ1v) is 9.19. The van der Waals surface area contributed by atoms with Gasteiger partial charge in [-0.2, -0.15) is 0 Å². The predicted octanol–water partition coefficient (Wildman–Crippen LogP) is 2.07. The van der Waals surface area contributed by atoms with Gasteiger partial charge in [-0.05, 0) is 37.1 Å². The minimum Gasteiger partial charge on any atom is -0.367 e. The summed E-state index contributed by atoms with van der Waals surface area (Å²) < 4.78 is 0. The summed E-state index contributed by atoms with van der Waals surface area (Å²) in [6, 6.07) is 17.0. The molecule has 3 amide bonds. The molecule has 138 valence electrons. The van der Waals surface area contributed by atoms with Crippen LogP contribution in [0, 0.1) is 0 Å². The van der Waals surface area contributed by atoms with Crippen LogP contribution in [0.25, 0.3) is 0 Å². The summed E-state index contributed by atoms with van der Waals surface area (Å²) in [7, 11) is 0. The van der Waals surface area contributed by atoms with E-state index in [1.165, 1.54) is 0 Å². The number of nitrogens with zero attached hydrogens (tertiary/aromatic N) is 2. The Morgan fingerprint density at radius 2 is 1.59 bits per heavy atom. The standard InChI is InChI=1S/C21H21N3O3/c25-19(14-24-20(26)17-10-4-5-11-18(17)21(24)27)22-13-16-9-6-12-23(16)15-7-2-1-3-8-15/h1-5,7-8,10-11,16H,6,9,12-14H2,(H,22,25). The highest BCUT2D eigenvalue weighted by Crippen LogP contribution is 2.25. The van der Waals surface area contributed by atoms with Crippen LogP contribution in [0.2, 0.25) is 0 Å². The lowest BCUT2D eigenvalue weighted by atomic mass is 10.1. The lowest BCUT2D eigenvalue weighted by Crippen LogP contribution is -2.45. The van der Waals surface area contributed by atoms with Crippen LogP contribution in [0.15, 0.2) is 54.6 Å². The van der Waals surface area contributed by atoms with E-state index in [1.807, 2.05) is 18.2 Å². The fraction of sp³-hybridized carbons (Fsp3) is 0.286. The molecule has 0 aromatic heterocycles. The molecule has 0 radical (unpaired) electrons. The van der Waals surface area contributed by atoms with Crippen LogP contribution in [-0.2, 0) is 4.79 Å². The molecule has 0 saturated carbocycles. The lowest BCUT2D eigenvalue weighted by Gasteiger charge is -2.27. The number of imide groups is 1. The first-order chi connectivity index (χ1) is 13.1. The molecule has 2 aliphatic heterocycles. The van der Waals surface area contributed by atoms with Crippen LogP contribution >= 0.6 is 0 Å². The minimum absolute atomic E-state index is 0.221. The maximum Gasteiger partial charge on any atom is 0.262 e. The molecule has 2 heterocycles. The van der Waals surface area contributed by atoms with E-state index < -0.39 is 11.8 Å². The average Bonchev–Trinajstić information content (AvgIpc) is 3.26. The van der Waals surface area contributed by atoms with Gasteiger partial charge in [0.05, 0.1) is 11.1 Å². The van der Waals surface area contributed by atoms with Gasteiger partial charge in [-0.15, -0.1) is 0 Å². The average molecular weight is 363 g/mol. The second kappa shape index (κ2) is 7.23. The van der Waals surface area contributed by atoms with E-state index in [2.05, 4.69) is 22.3 Å². The number of amides is 3. The SMILES string of the molecule is O=C(CN1C(=O)c2ccccc2C1=O)NCC1CCCN1c1ccccc1. The quantitative estimate of drug-likeness (QED) is 0.826. The molecule has 1 fully saturated rings. The van der Waals surface area contributed by atoms with Gasteiger partial charge >= 0.3 is 0 Å². The van der Waals surface area contributed by atoms with Crippen LogP contribution in [0.1, 0.15) is 33.6 Å². The third-order valence-electron chi connectivity index (χ3n) is 5.18. The van der Waals surface area contributed by atoms with Crippen molar-refractivity contribution in [2.24, 2.45) is 0 Å². The normalized spacial score (nSPS) is 18.7. The summed E-state index contributed by atoms with van der Waals surface area (Å²) in [5, 5.41) is 2.89. The Kier molecular flexibility index (Phi) is 4.62. The highest BCUT2D eigenvalue weighted by Gasteiger charge is 2.36. The number of hydrogen-bond donors (Lipinski definition) is 1. The monoisotopic (exact) mass is 363 g/mol. The van der Waals surface area contributed by atoms with Crippen LogP contribution in [-0.4, -0.2) is 48.3 Å². The van der Waals surface area contributed by atoms with E-state index >= 15 is 0 Å². The Bertz CT molecular complexity index is 846. The fourth-order valence-electron chi connectivity index (χ4n) is 3.82. The predicted molar refractivity (Wildman–Crippen MR) is 102 cm³/mol. The van der Waals surface area contributed by atoms with Gasteiger partial charge in [0.25, 0.3) is 11.8 Å². The number of hydrogen-bond acceptors (Lipinski definition) is 4. The zero-order valence-corrected chi connectivity index (χ0v) is 14.9. The van der Waals surface area contributed by atoms with Gasteiger partial charge in [0.1, 0.15) is 6.54 Å². The lowest BCUT2D eigenvalue weighted by molar-refractivity contribution is -0.121. The molecule has 6 heteroatoms. The number of nitrogens with one attached hydrogen (secondary N) is 1. The molecule has 1 unspecified atom stereocenters. The van der Waals surface area contributed by atoms with Crippen molar-refractivity contribution < 1.29 is 14.4 Å². The number of carbonyl (C=O) groups excluding carboxylic acids is 3. The molecule has 1 saturated heterocycles. The molecule has 1 atom stereocenters. The second-order valence-corrected chi connectivity index (χ2v) is 6.87. The van der Waals surface area contributed by atoms with Crippen molar-refractivity contribution in [1.82, 2.24) is 10.2 Å². The Hall–Kier alpha value is -3.15. The van der Waals surface area contributed by atoms with E-state index in [-0.39, 0.29) is 18.5 Å². The highest BCUT2D eigenvalue weighted by atomic mass is 16.2. The van der Waals surface area contributed by atoms with Crippen LogP contribution in [0.4, 0.5) is 5.69 Å². The van der Waals surface area contributed by atoms with Gasteiger partial charge < -0.3 is 10.2 Å². The molecule has 0 aliphatic carbocycles. The van der Waals surface area contributed by atoms with Crippen molar-refractivity contribution in [1.29, 1.82) is 0 Å². The van der Waals surface area contributed by atoms with Crippen molar-refractivity contribution >= 4 is 23.4 Å². The zero-order chi connectivity index (χ0) is 18.8. The molecular formula is C21H21N3O3. The van der Waals surface area contributed by atoms with Crippen molar-refractivity contribution in [2.45, 2.75) is 18.9 Å². The Balaban J connectivity index is 1.35. The number of fused-ring (bicyclic) bond motifs is 1. The fourth-order valence-corrected chi connectivity index (χ4v) is 3.82. The molecule has 2 aliphatic rings. The first kappa shape index (κ1) is 17.3. The molecule has 4 rings (SSSR count). The van der Waals surface area contributed by atoms with Gasteiger partial charge in [-0.3, -0.25) is 19.3 Å². The summed E-state index contributed by atoms with van der Waals surface area (Å²) in [6.07, 6.45) is 2.08. The highest BCUT2D eigenvalue weighted by molar-refractivity contribution is 6.22. The van der Waals surface area contributed by atoms with Gasteiger partial charge in [0, 0.05) is 24.8 Å². The van der Waals surface area contributed by atoms with Crippen molar-refractivity contribution in [2.75, 3.05) is 24.5 Å². The zero-order valence-electron chi connectivity index (χ0n) is 14.9. The largest absolute Gasteiger partial charge is 0.367 e. The number of para-hydroxylation sites is 1. The van der Waals surface area contributed by atoms with Gasteiger partial charge in [-0.1, -0.05) is 30.3 Å². The van der Waals surface area contributed by atoms with Crippen LogP contribution in [0.5, 0.6) is 0 Å². The molecule has 2 aromatic rings. The summed E-state index contributed by atoms with van der Waals surface area (Å²) in [6.45, 7) is 1.21. The van der Waals surface area contributed by atoms with Crippen LogP contribution in [0.3, 0.4) is 0 Å². The topological polar surface area (TPSA) is 69.7 Å². The van der Waals surface area contributed by atoms with E-state index in [1.54, 1.807) is 24.3 Å². The minimum atomic E-state index is -0.405. The Labute approximate surface area is 157 Å². The summed E-state index contributed by atoms with van der Waals surface area (Å²) in [5.74, 6) is -1.13. The van der Waals surface area contributed by atoms with Gasteiger partial charge in [-0.25, -0.2) is 0 Å². The maximum atomic E-state index is 12.4. The van der Waals surface area contributed by atoms with Gasteiger partial charge in [0.2, 0.25) is 5.91 Å². The summed E-state index contributed by atoms with van der Waals surface area (Å²) in [4.78, 5) is 40.4. The first-order valence-electron chi connectivity index (χ1n) is 9.19. The Morgan fingerprint density at radius 1 is 0.963 bits per heavy atom. The summed E-state index contributed by atoms with van der Waals surface area (Å²) in [5.41, 5.74) is 1.87. The van der Waals surface area contributed by atoms with Crippen molar-refractivity contribution in [3.05, 3.63) is 65.7 Å². The van der Waals surface area contributed by atoms with E-state index in [9.17, 15) is 14.4 Å². The molecule has 0 bridgehead atoms. The van der Waals surface area contributed by atoms with E-state index in [0.717, 1.165) is 30.0 Å². The molecule has 1 N–H and O–H groups in total. The molecule has 27 heavy (non-hydrogen) atoms. The smallest absolute Gasteiger partial charge is 0.262 e. The van der Waals surface area contributed by atoms with E-state index in [0.29, 0.717) is 17.7 Å². The molecule has 6 nitrogen and oxygen atoms in total. The second-order valence-electron chi connectivity index (χ2n) is 6.87. The van der Waals surface area contributed by atoms with E-state index in [4.69, 9.17) is 0 Å². The number of rotatable bonds is 5.